The van der Waals surface area contributed by atoms with E-state index < -0.39 is 0 Å². The van der Waals surface area contributed by atoms with E-state index in [2.05, 4.69) is 34.3 Å². The van der Waals surface area contributed by atoms with Gasteiger partial charge in [0.25, 0.3) is 0 Å². The highest BCUT2D eigenvalue weighted by Gasteiger charge is 2.13. The molecule has 0 bridgehead atoms. The van der Waals surface area contributed by atoms with Crippen molar-refractivity contribution in [2.24, 2.45) is 0 Å². The molecule has 6 nitrogen and oxygen atoms in total. The topological polar surface area (TPSA) is 77.0 Å². The van der Waals surface area contributed by atoms with Gasteiger partial charge in [-0.3, -0.25) is 5.32 Å². The highest BCUT2D eigenvalue weighted by atomic mass is 32.1. The average Bonchev–Trinajstić information content (AvgIpc) is 3.24. The van der Waals surface area contributed by atoms with Crippen molar-refractivity contribution in [2.45, 2.75) is 32.9 Å². The molecule has 0 aliphatic heterocycles. The number of hydrogen-bond acceptors (Lipinski definition) is 7. The van der Waals surface area contributed by atoms with E-state index in [1.54, 1.807) is 29.7 Å². The molecule has 0 aromatic carbocycles. The maximum Gasteiger partial charge on any atom is 0.241 e. The molecule has 0 aliphatic carbocycles. The fraction of sp³-hybridized carbons (Fsp3) is 0.357. The number of aromatic nitrogens is 3. The van der Waals surface area contributed by atoms with E-state index in [1.807, 2.05) is 6.20 Å². The van der Waals surface area contributed by atoms with Crippen molar-refractivity contribution in [1.29, 1.82) is 0 Å². The Morgan fingerprint density at radius 1 is 1.43 bits per heavy atom. The smallest absolute Gasteiger partial charge is 0.241 e. The van der Waals surface area contributed by atoms with Gasteiger partial charge in [-0.15, -0.1) is 11.3 Å². The van der Waals surface area contributed by atoms with Crippen molar-refractivity contribution in [3.05, 3.63) is 40.4 Å². The maximum atomic E-state index is 5.23. The van der Waals surface area contributed by atoms with Gasteiger partial charge in [-0.05, 0) is 25.5 Å². The van der Waals surface area contributed by atoms with E-state index >= 15 is 0 Å². The molecule has 0 radical (unpaired) electrons. The Labute approximate surface area is 126 Å². The molecule has 7 heteroatoms. The van der Waals surface area contributed by atoms with Crippen LogP contribution in [0.2, 0.25) is 0 Å². The Hall–Kier alpha value is -1.99. The molecular formula is C14H16N4O2S. The normalized spacial score (nSPS) is 12.7. The van der Waals surface area contributed by atoms with Crippen LogP contribution >= 0.6 is 11.3 Å². The summed E-state index contributed by atoms with van der Waals surface area (Å²) >= 11 is 1.72. The van der Waals surface area contributed by atoms with Crippen LogP contribution in [0, 0.1) is 0 Å². The minimum Gasteiger partial charge on any atom is -0.461 e. The van der Waals surface area contributed by atoms with E-state index in [1.165, 1.54) is 4.88 Å². The third kappa shape index (κ3) is 3.20. The number of hydrogen-bond donors (Lipinski definition) is 1. The molecular weight excluding hydrogens is 288 g/mol. The van der Waals surface area contributed by atoms with Crippen LogP contribution < -0.4 is 5.32 Å². The standard InChI is InChI=1S/C14H16N4O2S/c1-3-10-7-16-14(21-10)9(2)15-8-12-17-13(18-20-12)11-5-4-6-19-11/h4-7,9,15H,3,8H2,1-2H3/t9-/m0/s1. The molecule has 3 aromatic heterocycles. The van der Waals surface area contributed by atoms with E-state index in [0.717, 1.165) is 11.4 Å². The van der Waals surface area contributed by atoms with Crippen LogP contribution in [0.15, 0.2) is 33.5 Å². The third-order valence-electron chi connectivity index (χ3n) is 3.06. The van der Waals surface area contributed by atoms with Gasteiger partial charge in [-0.2, -0.15) is 4.98 Å². The van der Waals surface area contributed by atoms with Crippen molar-refractivity contribution >= 4 is 11.3 Å². The monoisotopic (exact) mass is 304 g/mol. The summed E-state index contributed by atoms with van der Waals surface area (Å²) in [5.74, 6) is 1.60. The SMILES string of the molecule is CCc1cnc([C@H](C)NCc2nc(-c3ccco3)no2)s1. The zero-order chi connectivity index (χ0) is 14.7. The van der Waals surface area contributed by atoms with Gasteiger partial charge in [0, 0.05) is 11.1 Å². The van der Waals surface area contributed by atoms with Crippen molar-refractivity contribution in [3.8, 4) is 11.6 Å². The van der Waals surface area contributed by atoms with Crippen molar-refractivity contribution < 1.29 is 8.94 Å². The Kier molecular flexibility index (Phi) is 4.12. The number of rotatable bonds is 6. The quantitative estimate of drug-likeness (QED) is 0.753. The molecule has 0 saturated heterocycles. The second kappa shape index (κ2) is 6.19. The summed E-state index contributed by atoms with van der Waals surface area (Å²) in [6.07, 6.45) is 4.53. The summed E-state index contributed by atoms with van der Waals surface area (Å²) in [4.78, 5) is 10.00. The van der Waals surface area contributed by atoms with Gasteiger partial charge in [-0.1, -0.05) is 12.1 Å². The molecule has 21 heavy (non-hydrogen) atoms. The maximum absolute atomic E-state index is 5.23. The first-order valence-electron chi connectivity index (χ1n) is 6.80. The summed E-state index contributed by atoms with van der Waals surface area (Å²) in [5, 5.41) is 8.29. The van der Waals surface area contributed by atoms with Crippen LogP contribution in [0.4, 0.5) is 0 Å². The fourth-order valence-electron chi connectivity index (χ4n) is 1.85. The highest BCUT2D eigenvalue weighted by molar-refractivity contribution is 7.11. The van der Waals surface area contributed by atoms with Crippen molar-refractivity contribution in [2.75, 3.05) is 0 Å². The molecule has 3 heterocycles. The fourth-order valence-corrected chi connectivity index (χ4v) is 2.73. The molecule has 1 N–H and O–H groups in total. The lowest BCUT2D eigenvalue weighted by atomic mass is 10.3. The number of aryl methyl sites for hydroxylation is 1. The zero-order valence-corrected chi connectivity index (χ0v) is 12.7. The third-order valence-corrected chi connectivity index (χ3v) is 4.38. The molecule has 0 unspecified atom stereocenters. The molecule has 110 valence electrons. The molecule has 3 rings (SSSR count). The highest BCUT2D eigenvalue weighted by Crippen LogP contribution is 2.21. The summed E-state index contributed by atoms with van der Waals surface area (Å²) in [7, 11) is 0. The molecule has 0 aliphatic rings. The van der Waals surface area contributed by atoms with Crippen LogP contribution in [-0.2, 0) is 13.0 Å². The molecule has 0 fully saturated rings. The Balaban J connectivity index is 1.60. The Morgan fingerprint density at radius 3 is 3.05 bits per heavy atom. The molecule has 3 aromatic rings. The van der Waals surface area contributed by atoms with Gasteiger partial charge in [-0.25, -0.2) is 4.98 Å². The van der Waals surface area contributed by atoms with Crippen LogP contribution in [0.25, 0.3) is 11.6 Å². The van der Waals surface area contributed by atoms with Gasteiger partial charge >= 0.3 is 0 Å². The second-order valence-corrected chi connectivity index (χ2v) is 5.76. The predicted molar refractivity (Wildman–Crippen MR) is 78.7 cm³/mol. The summed E-state index contributed by atoms with van der Waals surface area (Å²) in [6.45, 7) is 4.70. The largest absolute Gasteiger partial charge is 0.461 e. The van der Waals surface area contributed by atoms with Gasteiger partial charge in [0.15, 0.2) is 5.76 Å². The minimum atomic E-state index is 0.147. The van der Waals surface area contributed by atoms with Gasteiger partial charge in [0.2, 0.25) is 11.7 Å². The minimum absolute atomic E-state index is 0.147. The lowest BCUT2D eigenvalue weighted by Crippen LogP contribution is -2.18. The molecule has 0 saturated carbocycles. The van der Waals surface area contributed by atoms with Crippen LogP contribution in [-0.4, -0.2) is 15.1 Å². The first-order chi connectivity index (χ1) is 10.3. The van der Waals surface area contributed by atoms with Crippen LogP contribution in [0.1, 0.15) is 35.7 Å². The number of thiazole rings is 1. The van der Waals surface area contributed by atoms with Crippen molar-refractivity contribution in [3.63, 3.8) is 0 Å². The van der Waals surface area contributed by atoms with E-state index in [-0.39, 0.29) is 6.04 Å². The molecule has 0 amide bonds. The van der Waals surface area contributed by atoms with Gasteiger partial charge < -0.3 is 8.94 Å². The van der Waals surface area contributed by atoms with Gasteiger partial charge in [0.05, 0.1) is 18.8 Å². The predicted octanol–water partition coefficient (Wildman–Crippen LogP) is 3.20. The average molecular weight is 304 g/mol. The number of furan rings is 1. The Morgan fingerprint density at radius 2 is 2.33 bits per heavy atom. The molecule has 1 atom stereocenters. The lowest BCUT2D eigenvalue weighted by molar-refractivity contribution is 0.359. The second-order valence-electron chi connectivity index (χ2n) is 4.61. The van der Waals surface area contributed by atoms with E-state index in [4.69, 9.17) is 8.94 Å². The lowest BCUT2D eigenvalue weighted by Gasteiger charge is -2.08. The first-order valence-corrected chi connectivity index (χ1v) is 7.62. The summed E-state index contributed by atoms with van der Waals surface area (Å²) in [5.41, 5.74) is 0. The molecule has 0 spiro atoms. The van der Waals surface area contributed by atoms with E-state index in [9.17, 15) is 0 Å². The van der Waals surface area contributed by atoms with Crippen molar-refractivity contribution in [1.82, 2.24) is 20.4 Å². The number of nitrogens with one attached hydrogen (secondary N) is 1. The van der Waals surface area contributed by atoms with Crippen LogP contribution in [0.3, 0.4) is 0 Å². The first kappa shape index (κ1) is 14.0. The zero-order valence-electron chi connectivity index (χ0n) is 11.9. The van der Waals surface area contributed by atoms with E-state index in [0.29, 0.717) is 24.0 Å². The summed E-state index contributed by atoms with van der Waals surface area (Å²) in [6, 6.07) is 3.74. The van der Waals surface area contributed by atoms with Gasteiger partial charge in [0.1, 0.15) is 5.01 Å². The Bertz CT molecular complexity index is 689. The summed E-state index contributed by atoms with van der Waals surface area (Å²) < 4.78 is 10.4. The number of nitrogens with zero attached hydrogens (tertiary/aromatic N) is 3. The van der Waals surface area contributed by atoms with Crippen LogP contribution in [0.5, 0.6) is 0 Å².